The summed E-state index contributed by atoms with van der Waals surface area (Å²) in [6.45, 7) is 0.343. The lowest BCUT2D eigenvalue weighted by Crippen LogP contribution is -2.40. The highest BCUT2D eigenvalue weighted by atomic mass is 32.2. The molecule has 3 N–H and O–H groups in total. The molecule has 1 amide bonds. The molecule has 0 spiro atoms. The van der Waals surface area contributed by atoms with Crippen molar-refractivity contribution in [3.05, 3.63) is 29.8 Å². The number of sulfone groups is 1. The molecule has 1 aromatic carbocycles. The van der Waals surface area contributed by atoms with E-state index in [1.54, 1.807) is 23.9 Å². The summed E-state index contributed by atoms with van der Waals surface area (Å²) >= 11 is 1.65. The first-order valence-electron chi connectivity index (χ1n) is 6.16. The third kappa shape index (κ3) is 5.52. The first-order chi connectivity index (χ1) is 9.34. The number of carbonyl (C=O) groups excluding carboxylic acids is 1. The maximum absolute atomic E-state index is 11.7. The Morgan fingerprint density at radius 2 is 1.95 bits per heavy atom. The Kier molecular flexibility index (Phi) is 6.51. The van der Waals surface area contributed by atoms with Gasteiger partial charge in [0.25, 0.3) is 0 Å². The molecule has 0 aliphatic rings. The third-order valence-corrected chi connectivity index (χ3v) is 4.56. The topological polar surface area (TPSA) is 89.3 Å². The van der Waals surface area contributed by atoms with Gasteiger partial charge in [0.05, 0.1) is 10.9 Å². The Labute approximate surface area is 124 Å². The van der Waals surface area contributed by atoms with E-state index >= 15 is 0 Å². The molecule has 5 nitrogen and oxygen atoms in total. The lowest BCUT2D eigenvalue weighted by atomic mass is 10.2. The van der Waals surface area contributed by atoms with E-state index in [1.807, 2.05) is 6.26 Å². The van der Waals surface area contributed by atoms with Crippen molar-refractivity contribution >= 4 is 27.5 Å². The van der Waals surface area contributed by atoms with Crippen LogP contribution in [0.15, 0.2) is 29.2 Å². The van der Waals surface area contributed by atoms with Gasteiger partial charge in [-0.25, -0.2) is 8.42 Å². The zero-order valence-electron chi connectivity index (χ0n) is 11.6. The number of nitrogens with two attached hydrogens (primary N) is 1. The van der Waals surface area contributed by atoms with E-state index in [4.69, 9.17) is 5.73 Å². The van der Waals surface area contributed by atoms with Gasteiger partial charge in [0.2, 0.25) is 5.91 Å². The molecule has 0 heterocycles. The molecule has 0 unspecified atom stereocenters. The van der Waals surface area contributed by atoms with Crippen LogP contribution in [-0.4, -0.2) is 38.6 Å². The minimum atomic E-state index is -3.18. The first-order valence-corrected chi connectivity index (χ1v) is 9.44. The van der Waals surface area contributed by atoms with Crippen molar-refractivity contribution in [2.24, 2.45) is 5.73 Å². The van der Waals surface area contributed by atoms with Crippen LogP contribution in [0.2, 0.25) is 0 Å². The van der Waals surface area contributed by atoms with Crippen LogP contribution >= 0.6 is 11.8 Å². The summed E-state index contributed by atoms with van der Waals surface area (Å²) in [5.41, 5.74) is 6.58. The number of hydrogen-bond donors (Lipinski definition) is 2. The fourth-order valence-electron chi connectivity index (χ4n) is 1.55. The van der Waals surface area contributed by atoms with E-state index < -0.39 is 15.9 Å². The number of thioether (sulfide) groups is 1. The van der Waals surface area contributed by atoms with E-state index in [2.05, 4.69) is 5.32 Å². The molecule has 1 rings (SSSR count). The molecule has 0 aliphatic carbocycles. The molecule has 0 saturated carbocycles. The highest BCUT2D eigenvalue weighted by Gasteiger charge is 2.12. The number of benzene rings is 1. The molecule has 20 heavy (non-hydrogen) atoms. The van der Waals surface area contributed by atoms with Gasteiger partial charge in [-0.1, -0.05) is 12.1 Å². The number of nitrogens with one attached hydrogen (secondary N) is 1. The van der Waals surface area contributed by atoms with Crippen LogP contribution in [0.4, 0.5) is 0 Å². The summed E-state index contributed by atoms with van der Waals surface area (Å²) in [4.78, 5) is 12.0. The molecule has 1 aromatic rings. The van der Waals surface area contributed by atoms with Crippen molar-refractivity contribution in [3.8, 4) is 0 Å². The van der Waals surface area contributed by atoms with Crippen LogP contribution in [0.5, 0.6) is 0 Å². The van der Waals surface area contributed by atoms with Gasteiger partial charge in [-0.3, -0.25) is 4.79 Å². The molecular weight excluding hydrogens is 296 g/mol. The maximum Gasteiger partial charge on any atom is 0.237 e. The summed E-state index contributed by atoms with van der Waals surface area (Å²) in [5, 5.41) is 2.74. The van der Waals surface area contributed by atoms with Crippen molar-refractivity contribution in [1.29, 1.82) is 0 Å². The Morgan fingerprint density at radius 3 is 2.45 bits per heavy atom. The average molecular weight is 316 g/mol. The van der Waals surface area contributed by atoms with E-state index in [-0.39, 0.29) is 10.8 Å². The molecule has 0 radical (unpaired) electrons. The second-order valence-electron chi connectivity index (χ2n) is 4.52. The quantitative estimate of drug-likeness (QED) is 0.776. The maximum atomic E-state index is 11.7. The summed E-state index contributed by atoms with van der Waals surface area (Å²) < 4.78 is 22.6. The van der Waals surface area contributed by atoms with Gasteiger partial charge in [0, 0.05) is 12.8 Å². The lowest BCUT2D eigenvalue weighted by molar-refractivity contribution is -0.122. The fraction of sp³-hybridized carbons (Fsp3) is 0.462. The summed E-state index contributed by atoms with van der Waals surface area (Å²) in [7, 11) is -3.18. The molecule has 0 fully saturated rings. The average Bonchev–Trinajstić information content (AvgIpc) is 2.41. The van der Waals surface area contributed by atoms with Crippen LogP contribution in [-0.2, 0) is 21.2 Å². The second-order valence-corrected chi connectivity index (χ2v) is 7.52. The Hall–Kier alpha value is -1.05. The monoisotopic (exact) mass is 316 g/mol. The Morgan fingerprint density at radius 1 is 1.35 bits per heavy atom. The van der Waals surface area contributed by atoms with Crippen molar-refractivity contribution in [2.45, 2.75) is 23.9 Å². The van der Waals surface area contributed by atoms with Crippen molar-refractivity contribution < 1.29 is 13.2 Å². The predicted molar refractivity (Wildman–Crippen MR) is 82.4 cm³/mol. The van der Waals surface area contributed by atoms with Crippen LogP contribution in [0.1, 0.15) is 12.0 Å². The second kappa shape index (κ2) is 7.66. The molecule has 7 heteroatoms. The molecular formula is C13H20N2O3S2. The van der Waals surface area contributed by atoms with Crippen molar-refractivity contribution in [2.75, 3.05) is 18.3 Å². The van der Waals surface area contributed by atoms with Gasteiger partial charge in [-0.15, -0.1) is 0 Å². The summed E-state index contributed by atoms with van der Waals surface area (Å²) in [6.07, 6.45) is 3.77. The highest BCUT2D eigenvalue weighted by Crippen LogP contribution is 2.10. The van der Waals surface area contributed by atoms with Gasteiger partial charge in [0.15, 0.2) is 9.84 Å². The lowest BCUT2D eigenvalue weighted by Gasteiger charge is -2.11. The molecule has 1 atom stereocenters. The first kappa shape index (κ1) is 17.0. The van der Waals surface area contributed by atoms with E-state index in [1.165, 1.54) is 12.1 Å². The highest BCUT2D eigenvalue weighted by molar-refractivity contribution is 7.98. The van der Waals surface area contributed by atoms with Crippen molar-refractivity contribution in [3.63, 3.8) is 0 Å². The number of hydrogen-bond acceptors (Lipinski definition) is 5. The number of rotatable bonds is 7. The largest absolute Gasteiger partial charge is 0.351 e. The van der Waals surface area contributed by atoms with Gasteiger partial charge in [0.1, 0.15) is 0 Å². The smallest absolute Gasteiger partial charge is 0.237 e. The SMILES string of the molecule is CSCC[C@@H](N)C(=O)NCc1ccc(S(C)(=O)=O)cc1. The predicted octanol–water partition coefficient (Wildman–Crippen LogP) is 0.787. The summed E-state index contributed by atoms with van der Waals surface area (Å²) in [6, 6.07) is 5.93. The number of carbonyl (C=O) groups is 1. The van der Waals surface area contributed by atoms with Gasteiger partial charge < -0.3 is 11.1 Å². The Bertz CT molecular complexity index is 541. The van der Waals surface area contributed by atoms with E-state index in [9.17, 15) is 13.2 Å². The number of amides is 1. The van der Waals surface area contributed by atoms with Crippen LogP contribution in [0.3, 0.4) is 0 Å². The summed E-state index contributed by atoms with van der Waals surface area (Å²) in [5.74, 6) is 0.656. The van der Waals surface area contributed by atoms with Gasteiger partial charge in [-0.2, -0.15) is 11.8 Å². The standard InChI is InChI=1S/C13H20N2O3S2/c1-19-8-7-12(14)13(16)15-9-10-3-5-11(6-4-10)20(2,17)18/h3-6,12H,7-9,14H2,1-2H3,(H,15,16)/t12-/m1/s1. The van der Waals surface area contributed by atoms with E-state index in [0.29, 0.717) is 13.0 Å². The fourth-order valence-corrected chi connectivity index (χ4v) is 2.67. The molecule has 0 aromatic heterocycles. The molecule has 112 valence electrons. The van der Waals surface area contributed by atoms with Crippen molar-refractivity contribution in [1.82, 2.24) is 5.32 Å². The van der Waals surface area contributed by atoms with Crippen LogP contribution in [0.25, 0.3) is 0 Å². The van der Waals surface area contributed by atoms with Gasteiger partial charge in [-0.05, 0) is 36.1 Å². The van der Waals surface area contributed by atoms with E-state index in [0.717, 1.165) is 17.6 Å². The molecule has 0 bridgehead atoms. The zero-order valence-corrected chi connectivity index (χ0v) is 13.3. The van der Waals surface area contributed by atoms with Crippen LogP contribution < -0.4 is 11.1 Å². The minimum absolute atomic E-state index is 0.189. The van der Waals surface area contributed by atoms with Gasteiger partial charge >= 0.3 is 0 Å². The zero-order chi connectivity index (χ0) is 15.2. The van der Waals surface area contributed by atoms with Crippen LogP contribution in [0, 0.1) is 0 Å². The Balaban J connectivity index is 2.52. The molecule has 0 aliphatic heterocycles. The third-order valence-electron chi connectivity index (χ3n) is 2.79. The minimum Gasteiger partial charge on any atom is -0.351 e. The molecule has 0 saturated heterocycles. The normalized spacial score (nSPS) is 12.9.